The molecule has 0 N–H and O–H groups in total. The smallest absolute Gasteiger partial charge is 0.394 e. The van der Waals surface area contributed by atoms with E-state index in [4.69, 9.17) is 4.74 Å². The van der Waals surface area contributed by atoms with Crippen LogP contribution in [0.5, 0.6) is 0 Å². The number of rotatable bonds is 2. The van der Waals surface area contributed by atoms with E-state index in [0.717, 1.165) is 13.0 Å². The molecule has 1 aliphatic rings. The van der Waals surface area contributed by atoms with Crippen LogP contribution in [0, 0.1) is 5.92 Å². The van der Waals surface area contributed by atoms with Gasteiger partial charge in [-0.1, -0.05) is 25.1 Å². The Hall–Kier alpha value is -2.11. The molecule has 0 saturated carbocycles. The van der Waals surface area contributed by atoms with Gasteiger partial charge < -0.3 is 4.74 Å². The van der Waals surface area contributed by atoms with Crippen molar-refractivity contribution in [2.45, 2.75) is 13.1 Å². The van der Waals surface area contributed by atoms with E-state index in [0.29, 0.717) is 5.56 Å². The minimum atomic E-state index is -4.40. The van der Waals surface area contributed by atoms with Gasteiger partial charge in [0.05, 0.1) is 5.92 Å². The molecule has 1 aliphatic heterocycles. The van der Waals surface area contributed by atoms with Crippen LogP contribution in [0.2, 0.25) is 0 Å². The van der Waals surface area contributed by atoms with Crippen molar-refractivity contribution in [2.24, 2.45) is 10.9 Å². The van der Waals surface area contributed by atoms with Gasteiger partial charge in [0.25, 0.3) is 0 Å². The molecule has 0 fully saturated rings. The highest BCUT2D eigenvalue weighted by molar-refractivity contribution is 6.11. The van der Waals surface area contributed by atoms with E-state index in [-0.39, 0.29) is 11.6 Å². The summed E-state index contributed by atoms with van der Waals surface area (Å²) >= 11 is 0. The third-order valence-electron chi connectivity index (χ3n) is 2.57. The van der Waals surface area contributed by atoms with Gasteiger partial charge in [-0.3, -0.25) is 0 Å². The lowest BCUT2D eigenvalue weighted by Gasteiger charge is -2.10. The van der Waals surface area contributed by atoms with Gasteiger partial charge in [-0.05, 0) is 18.2 Å². The maximum absolute atomic E-state index is 12.4. The van der Waals surface area contributed by atoms with Crippen LogP contribution < -0.4 is 0 Å². The van der Waals surface area contributed by atoms with Crippen LogP contribution in [0.3, 0.4) is 0 Å². The molecule has 6 heteroatoms. The Morgan fingerprint density at radius 1 is 1.26 bits per heavy atom. The summed E-state index contributed by atoms with van der Waals surface area (Å²) in [6, 6.07) is 8.51. The SMILES string of the molecule is C[C@@H](/C=C1\N=C(c2ccccc2)OC1=O)C(F)(F)F. The predicted molar refractivity (Wildman–Crippen MR) is 62.4 cm³/mol. The van der Waals surface area contributed by atoms with Gasteiger partial charge in [0, 0.05) is 5.56 Å². The number of halogens is 3. The molecule has 100 valence electrons. The number of esters is 1. The Morgan fingerprint density at radius 3 is 2.47 bits per heavy atom. The molecule has 3 nitrogen and oxygen atoms in total. The molecule has 0 aliphatic carbocycles. The molecule has 19 heavy (non-hydrogen) atoms. The first-order chi connectivity index (χ1) is 8.88. The third-order valence-corrected chi connectivity index (χ3v) is 2.57. The first-order valence-corrected chi connectivity index (χ1v) is 5.53. The first-order valence-electron chi connectivity index (χ1n) is 5.53. The fourth-order valence-corrected chi connectivity index (χ4v) is 1.46. The molecule has 1 atom stereocenters. The second kappa shape index (κ2) is 4.87. The summed E-state index contributed by atoms with van der Waals surface area (Å²) in [6.07, 6.45) is -3.64. The Morgan fingerprint density at radius 2 is 1.89 bits per heavy atom. The monoisotopic (exact) mass is 269 g/mol. The second-order valence-electron chi connectivity index (χ2n) is 4.05. The maximum Gasteiger partial charge on any atom is 0.394 e. The zero-order valence-corrected chi connectivity index (χ0v) is 9.94. The van der Waals surface area contributed by atoms with Crippen molar-refractivity contribution < 1.29 is 22.7 Å². The second-order valence-corrected chi connectivity index (χ2v) is 4.05. The van der Waals surface area contributed by atoms with Crippen molar-refractivity contribution in [3.8, 4) is 0 Å². The average Bonchev–Trinajstić information content (AvgIpc) is 2.71. The van der Waals surface area contributed by atoms with Crippen molar-refractivity contribution in [1.82, 2.24) is 0 Å². The molecule has 0 amide bonds. The zero-order chi connectivity index (χ0) is 14.0. The molecular weight excluding hydrogens is 259 g/mol. The fraction of sp³-hybridized carbons (Fsp3) is 0.231. The molecule has 0 radical (unpaired) electrons. The van der Waals surface area contributed by atoms with Crippen LogP contribution in [0.15, 0.2) is 47.1 Å². The van der Waals surface area contributed by atoms with Crippen LogP contribution in [0.1, 0.15) is 12.5 Å². The summed E-state index contributed by atoms with van der Waals surface area (Å²) in [5, 5.41) is 0. The van der Waals surface area contributed by atoms with Crippen LogP contribution >= 0.6 is 0 Å². The number of ether oxygens (including phenoxy) is 1. The molecule has 1 aromatic rings. The summed E-state index contributed by atoms with van der Waals surface area (Å²) in [5.74, 6) is -2.60. The largest absolute Gasteiger partial charge is 0.402 e. The van der Waals surface area contributed by atoms with Crippen LogP contribution in [0.4, 0.5) is 13.2 Å². The Balaban J connectivity index is 2.27. The van der Waals surface area contributed by atoms with E-state index >= 15 is 0 Å². The number of hydrogen-bond donors (Lipinski definition) is 0. The van der Waals surface area contributed by atoms with Crippen molar-refractivity contribution in [2.75, 3.05) is 0 Å². The predicted octanol–water partition coefficient (Wildman–Crippen LogP) is 3.07. The van der Waals surface area contributed by atoms with E-state index < -0.39 is 18.1 Å². The van der Waals surface area contributed by atoms with Crippen molar-refractivity contribution in [3.05, 3.63) is 47.7 Å². The minimum absolute atomic E-state index is 0.0197. The van der Waals surface area contributed by atoms with Gasteiger partial charge >= 0.3 is 12.1 Å². The van der Waals surface area contributed by atoms with E-state index in [2.05, 4.69) is 4.99 Å². The molecular formula is C13H10F3NO2. The maximum atomic E-state index is 12.4. The number of allylic oxidation sites excluding steroid dienone is 1. The van der Waals surface area contributed by atoms with Gasteiger partial charge in [-0.15, -0.1) is 0 Å². The molecule has 0 aromatic heterocycles. The molecule has 0 bridgehead atoms. The van der Waals surface area contributed by atoms with Crippen molar-refractivity contribution >= 4 is 11.9 Å². The average molecular weight is 269 g/mol. The summed E-state index contributed by atoms with van der Waals surface area (Å²) in [7, 11) is 0. The van der Waals surface area contributed by atoms with Gasteiger partial charge in [0.15, 0.2) is 0 Å². The molecule has 0 spiro atoms. The van der Waals surface area contributed by atoms with E-state index in [1.54, 1.807) is 30.3 Å². The number of carbonyl (C=O) groups is 1. The lowest BCUT2D eigenvalue weighted by molar-refractivity contribution is -0.156. The fourth-order valence-electron chi connectivity index (χ4n) is 1.46. The topological polar surface area (TPSA) is 38.7 Å². The number of carbonyl (C=O) groups excluding carboxylic acids is 1. The summed E-state index contributed by atoms with van der Waals surface area (Å²) < 4.78 is 42.1. The van der Waals surface area contributed by atoms with Gasteiger partial charge in [0.2, 0.25) is 5.90 Å². The Kier molecular flexibility index (Phi) is 3.42. The van der Waals surface area contributed by atoms with Crippen molar-refractivity contribution in [3.63, 3.8) is 0 Å². The number of alkyl halides is 3. The summed E-state index contributed by atoms with van der Waals surface area (Å²) in [6.45, 7) is 0.955. The van der Waals surface area contributed by atoms with Crippen LogP contribution in [-0.4, -0.2) is 18.0 Å². The number of benzene rings is 1. The van der Waals surface area contributed by atoms with E-state index in [1.807, 2.05) is 0 Å². The number of nitrogens with zero attached hydrogens (tertiary/aromatic N) is 1. The Labute approximate surface area is 107 Å². The third kappa shape index (κ3) is 3.01. The summed E-state index contributed by atoms with van der Waals surface area (Å²) in [4.78, 5) is 15.2. The number of cyclic esters (lactones) is 1. The lowest BCUT2D eigenvalue weighted by Crippen LogP contribution is -2.18. The van der Waals surface area contributed by atoms with Crippen LogP contribution in [-0.2, 0) is 9.53 Å². The van der Waals surface area contributed by atoms with Crippen LogP contribution in [0.25, 0.3) is 0 Å². The number of aliphatic imine (C=N–C) groups is 1. The van der Waals surface area contributed by atoms with Gasteiger partial charge in [-0.25, -0.2) is 9.79 Å². The molecule has 2 rings (SSSR count). The molecule has 0 saturated heterocycles. The van der Waals surface area contributed by atoms with Gasteiger partial charge in [0.1, 0.15) is 5.70 Å². The molecule has 1 heterocycles. The van der Waals surface area contributed by atoms with E-state index in [9.17, 15) is 18.0 Å². The first kappa shape index (κ1) is 13.3. The normalized spacial score (nSPS) is 19.3. The highest BCUT2D eigenvalue weighted by Crippen LogP contribution is 2.29. The highest BCUT2D eigenvalue weighted by Gasteiger charge is 2.36. The van der Waals surface area contributed by atoms with E-state index in [1.165, 1.54) is 0 Å². The standard InChI is InChI=1S/C13H10F3NO2/c1-8(13(14,15)16)7-10-12(18)19-11(17-10)9-5-3-2-4-6-9/h2-8H,1H3/b10-7-/t8-/m0/s1. The quantitative estimate of drug-likeness (QED) is 0.611. The molecule has 1 aromatic carbocycles. The Bertz CT molecular complexity index is 547. The minimum Gasteiger partial charge on any atom is -0.402 e. The van der Waals surface area contributed by atoms with Crippen molar-refractivity contribution in [1.29, 1.82) is 0 Å². The lowest BCUT2D eigenvalue weighted by atomic mass is 10.1. The summed E-state index contributed by atoms with van der Waals surface area (Å²) in [5.41, 5.74) is 0.225. The molecule has 0 unspecified atom stereocenters. The number of hydrogen-bond acceptors (Lipinski definition) is 3. The zero-order valence-electron chi connectivity index (χ0n) is 9.94. The van der Waals surface area contributed by atoms with Gasteiger partial charge in [-0.2, -0.15) is 13.2 Å². The highest BCUT2D eigenvalue weighted by atomic mass is 19.4.